The van der Waals surface area contributed by atoms with E-state index in [1.807, 2.05) is 12.1 Å². The van der Waals surface area contributed by atoms with Crippen LogP contribution in [-0.4, -0.2) is 44.7 Å². The molecule has 3 rings (SSSR count). The molecule has 1 aromatic rings. The number of amides is 1. The minimum Gasteiger partial charge on any atom is -0.360 e. The molecule has 1 aliphatic heterocycles. The number of nitrogens with one attached hydrogen (secondary N) is 2. The number of rotatable bonds is 4. The molecular formula is C18H27ClN3O+. The Balaban J connectivity index is 1.41. The third-order valence-electron chi connectivity index (χ3n) is 5.04. The Labute approximate surface area is 143 Å². The van der Waals surface area contributed by atoms with Gasteiger partial charge in [-0.2, -0.15) is 0 Å². The van der Waals surface area contributed by atoms with Crippen molar-refractivity contribution >= 4 is 23.2 Å². The topological polar surface area (TPSA) is 36.8 Å². The van der Waals surface area contributed by atoms with Crippen molar-refractivity contribution in [2.45, 2.75) is 38.1 Å². The van der Waals surface area contributed by atoms with E-state index in [1.165, 1.54) is 29.8 Å². The molecule has 1 amide bonds. The maximum atomic E-state index is 12.2. The first-order chi connectivity index (χ1) is 11.2. The molecule has 23 heavy (non-hydrogen) atoms. The van der Waals surface area contributed by atoms with Crippen LogP contribution in [0.3, 0.4) is 0 Å². The molecule has 1 saturated heterocycles. The van der Waals surface area contributed by atoms with Gasteiger partial charge >= 0.3 is 0 Å². The zero-order valence-corrected chi connectivity index (χ0v) is 14.4. The normalized spacial score (nSPS) is 20.5. The molecule has 126 valence electrons. The van der Waals surface area contributed by atoms with Crippen LogP contribution in [0.5, 0.6) is 0 Å². The Kier molecular flexibility index (Phi) is 5.79. The molecule has 1 heterocycles. The van der Waals surface area contributed by atoms with Crippen LogP contribution in [0, 0.1) is 0 Å². The van der Waals surface area contributed by atoms with E-state index in [0.717, 1.165) is 44.0 Å². The van der Waals surface area contributed by atoms with Gasteiger partial charge in [-0.05, 0) is 37.1 Å². The fraction of sp³-hybridized carbons (Fsp3) is 0.611. The summed E-state index contributed by atoms with van der Waals surface area (Å²) >= 11 is 5.94. The summed E-state index contributed by atoms with van der Waals surface area (Å²) in [6.07, 6.45) is 6.16. The molecule has 5 heteroatoms. The van der Waals surface area contributed by atoms with Crippen molar-refractivity contribution in [2.24, 2.45) is 0 Å². The smallest absolute Gasteiger partial charge is 0.275 e. The summed E-state index contributed by atoms with van der Waals surface area (Å²) in [5.41, 5.74) is 1.22. The Morgan fingerprint density at radius 2 is 1.78 bits per heavy atom. The first-order valence-corrected chi connectivity index (χ1v) is 9.22. The molecule has 0 unspecified atom stereocenters. The summed E-state index contributed by atoms with van der Waals surface area (Å²) in [5.74, 6) is 0.229. The Morgan fingerprint density at radius 3 is 2.43 bits per heavy atom. The number of hydrogen-bond acceptors (Lipinski definition) is 2. The second-order valence-corrected chi connectivity index (χ2v) is 7.23. The van der Waals surface area contributed by atoms with E-state index in [1.54, 1.807) is 0 Å². The van der Waals surface area contributed by atoms with E-state index in [0.29, 0.717) is 12.6 Å². The maximum absolute atomic E-state index is 12.2. The monoisotopic (exact) mass is 336 g/mol. The predicted molar refractivity (Wildman–Crippen MR) is 94.2 cm³/mol. The standard InChI is InChI=1S/C18H26ClN3O/c19-15-6-8-17(9-7-15)22-12-10-21(11-13-22)14-18(23)20-16-4-2-1-3-5-16/h6-9,16H,1-5,10-14H2,(H,20,23)/p+1. The van der Waals surface area contributed by atoms with E-state index in [9.17, 15) is 4.79 Å². The summed E-state index contributed by atoms with van der Waals surface area (Å²) in [7, 11) is 0. The van der Waals surface area contributed by atoms with Crippen molar-refractivity contribution in [1.29, 1.82) is 0 Å². The van der Waals surface area contributed by atoms with Crippen molar-refractivity contribution in [1.82, 2.24) is 5.32 Å². The van der Waals surface area contributed by atoms with Gasteiger partial charge in [0.05, 0.1) is 26.2 Å². The lowest BCUT2D eigenvalue weighted by atomic mass is 9.95. The van der Waals surface area contributed by atoms with E-state index in [4.69, 9.17) is 11.6 Å². The molecule has 1 aromatic carbocycles. The minimum absolute atomic E-state index is 0.229. The average molecular weight is 337 g/mol. The number of carbonyl (C=O) groups excluding carboxylic acids is 1. The summed E-state index contributed by atoms with van der Waals surface area (Å²) in [6.45, 7) is 4.63. The number of quaternary nitrogens is 1. The average Bonchev–Trinajstić information content (AvgIpc) is 2.57. The fourth-order valence-electron chi connectivity index (χ4n) is 3.66. The maximum Gasteiger partial charge on any atom is 0.275 e. The molecule has 2 N–H and O–H groups in total. The number of carbonyl (C=O) groups is 1. The third kappa shape index (κ3) is 4.85. The van der Waals surface area contributed by atoms with Crippen molar-refractivity contribution < 1.29 is 9.69 Å². The second kappa shape index (κ2) is 8.02. The number of anilines is 1. The third-order valence-corrected chi connectivity index (χ3v) is 5.30. The van der Waals surface area contributed by atoms with Gasteiger partial charge in [0.1, 0.15) is 0 Å². The molecule has 0 atom stereocenters. The summed E-state index contributed by atoms with van der Waals surface area (Å²) in [5, 5.41) is 4.00. The zero-order chi connectivity index (χ0) is 16.1. The van der Waals surface area contributed by atoms with Crippen LogP contribution in [0.4, 0.5) is 5.69 Å². The summed E-state index contributed by atoms with van der Waals surface area (Å²) < 4.78 is 0. The first-order valence-electron chi connectivity index (χ1n) is 8.84. The largest absolute Gasteiger partial charge is 0.360 e. The van der Waals surface area contributed by atoms with Crippen LogP contribution >= 0.6 is 11.6 Å². The highest BCUT2D eigenvalue weighted by Crippen LogP contribution is 2.18. The molecule has 0 bridgehead atoms. The number of hydrogen-bond donors (Lipinski definition) is 2. The Hall–Kier alpha value is -1.26. The summed E-state index contributed by atoms with van der Waals surface area (Å²) in [4.78, 5) is 16.0. The van der Waals surface area contributed by atoms with Gasteiger partial charge in [0.2, 0.25) is 0 Å². The van der Waals surface area contributed by atoms with Crippen LogP contribution in [0.25, 0.3) is 0 Å². The van der Waals surface area contributed by atoms with Crippen molar-refractivity contribution in [3.8, 4) is 0 Å². The molecule has 2 fully saturated rings. The van der Waals surface area contributed by atoms with Crippen LogP contribution in [0.1, 0.15) is 32.1 Å². The van der Waals surface area contributed by atoms with E-state index < -0.39 is 0 Å². The van der Waals surface area contributed by atoms with Crippen molar-refractivity contribution in [3.05, 3.63) is 29.3 Å². The van der Waals surface area contributed by atoms with Crippen molar-refractivity contribution in [3.63, 3.8) is 0 Å². The lowest BCUT2D eigenvalue weighted by Gasteiger charge is -2.33. The Morgan fingerprint density at radius 1 is 1.13 bits per heavy atom. The molecule has 0 aromatic heterocycles. The van der Waals surface area contributed by atoms with E-state index >= 15 is 0 Å². The minimum atomic E-state index is 0.229. The van der Waals surface area contributed by atoms with Gasteiger partial charge in [-0.25, -0.2) is 0 Å². The number of piperazine rings is 1. The van der Waals surface area contributed by atoms with Crippen LogP contribution in [0.15, 0.2) is 24.3 Å². The Bertz CT molecular complexity index is 506. The highest BCUT2D eigenvalue weighted by Gasteiger charge is 2.24. The highest BCUT2D eigenvalue weighted by atomic mass is 35.5. The van der Waals surface area contributed by atoms with Gasteiger partial charge in [-0.15, -0.1) is 0 Å². The van der Waals surface area contributed by atoms with Crippen LogP contribution < -0.4 is 15.1 Å². The van der Waals surface area contributed by atoms with Crippen molar-refractivity contribution in [2.75, 3.05) is 37.6 Å². The lowest BCUT2D eigenvalue weighted by Crippen LogP contribution is -3.16. The van der Waals surface area contributed by atoms with Gasteiger partial charge in [0.25, 0.3) is 5.91 Å². The number of benzene rings is 1. The number of nitrogens with zero attached hydrogens (tertiary/aromatic N) is 1. The zero-order valence-electron chi connectivity index (χ0n) is 13.7. The second-order valence-electron chi connectivity index (χ2n) is 6.79. The molecule has 2 aliphatic rings. The van der Waals surface area contributed by atoms with Crippen LogP contribution in [-0.2, 0) is 4.79 Å². The molecular weight excluding hydrogens is 310 g/mol. The lowest BCUT2D eigenvalue weighted by molar-refractivity contribution is -0.892. The van der Waals surface area contributed by atoms with Gasteiger partial charge in [0, 0.05) is 16.8 Å². The van der Waals surface area contributed by atoms with Gasteiger partial charge < -0.3 is 15.1 Å². The predicted octanol–water partition coefficient (Wildman–Crippen LogP) is 1.49. The van der Waals surface area contributed by atoms with E-state index in [-0.39, 0.29) is 5.91 Å². The quantitative estimate of drug-likeness (QED) is 0.874. The molecule has 0 spiro atoms. The van der Waals surface area contributed by atoms with Gasteiger partial charge in [0.15, 0.2) is 6.54 Å². The van der Waals surface area contributed by atoms with E-state index in [2.05, 4.69) is 22.3 Å². The molecule has 4 nitrogen and oxygen atoms in total. The fourth-order valence-corrected chi connectivity index (χ4v) is 3.79. The molecule has 1 aliphatic carbocycles. The SMILES string of the molecule is O=C(C[NH+]1CCN(c2ccc(Cl)cc2)CC1)NC1CCCCC1. The highest BCUT2D eigenvalue weighted by molar-refractivity contribution is 6.30. The summed E-state index contributed by atoms with van der Waals surface area (Å²) in [6, 6.07) is 8.44. The van der Waals surface area contributed by atoms with Crippen LogP contribution in [0.2, 0.25) is 5.02 Å². The number of halogens is 1. The first kappa shape index (κ1) is 16.6. The van der Waals surface area contributed by atoms with Gasteiger partial charge in [-0.3, -0.25) is 4.79 Å². The molecule has 1 saturated carbocycles. The molecule has 0 radical (unpaired) electrons. The van der Waals surface area contributed by atoms with Gasteiger partial charge in [-0.1, -0.05) is 30.9 Å².